The third-order valence-electron chi connectivity index (χ3n) is 2.66. The van der Waals surface area contributed by atoms with E-state index in [9.17, 15) is 4.39 Å². The number of ether oxygens (including phenoxy) is 1. The minimum atomic E-state index is -0.182. The number of benzene rings is 1. The van der Waals surface area contributed by atoms with Gasteiger partial charge in [-0.3, -0.25) is 4.99 Å². The van der Waals surface area contributed by atoms with Gasteiger partial charge in [0.1, 0.15) is 5.82 Å². The van der Waals surface area contributed by atoms with E-state index in [-0.39, 0.29) is 29.8 Å². The first-order valence-electron chi connectivity index (χ1n) is 6.44. The Balaban J connectivity index is 0.00000361. The Bertz CT molecular complexity index is 427. The van der Waals surface area contributed by atoms with Gasteiger partial charge >= 0.3 is 0 Å². The Labute approximate surface area is 137 Å². The summed E-state index contributed by atoms with van der Waals surface area (Å²) in [5.74, 6) is 0.499. The van der Waals surface area contributed by atoms with Crippen molar-refractivity contribution in [2.75, 3.05) is 26.8 Å². The summed E-state index contributed by atoms with van der Waals surface area (Å²) in [6, 6.07) is 5.21. The Morgan fingerprint density at radius 1 is 1.35 bits per heavy atom. The summed E-state index contributed by atoms with van der Waals surface area (Å²) < 4.78 is 18.6. The molecule has 0 atom stereocenters. The summed E-state index contributed by atoms with van der Waals surface area (Å²) in [6.07, 6.45) is 0. The highest BCUT2D eigenvalue weighted by atomic mass is 127. The predicted octanol–water partition coefficient (Wildman–Crippen LogP) is 2.45. The normalized spacial score (nSPS) is 10.9. The zero-order valence-corrected chi connectivity index (χ0v) is 14.5. The van der Waals surface area contributed by atoms with Gasteiger partial charge in [-0.15, -0.1) is 24.0 Å². The van der Waals surface area contributed by atoms with Crippen molar-refractivity contribution in [2.45, 2.75) is 20.4 Å². The lowest BCUT2D eigenvalue weighted by molar-refractivity contribution is 0.152. The molecular weight excluding hydrogens is 372 g/mol. The number of nitrogens with zero attached hydrogens (tertiary/aromatic N) is 1. The van der Waals surface area contributed by atoms with Crippen molar-refractivity contribution in [3.8, 4) is 0 Å². The molecule has 114 valence electrons. The SMILES string of the molecule is CCOCCNC(=NC)NCc1ccc(C)c(F)c1.I. The maximum absolute atomic E-state index is 13.4. The fourth-order valence-corrected chi connectivity index (χ4v) is 1.54. The Morgan fingerprint density at radius 3 is 2.70 bits per heavy atom. The van der Waals surface area contributed by atoms with Crippen LogP contribution in [0.5, 0.6) is 0 Å². The lowest BCUT2D eigenvalue weighted by atomic mass is 10.1. The first-order valence-corrected chi connectivity index (χ1v) is 6.44. The largest absolute Gasteiger partial charge is 0.380 e. The van der Waals surface area contributed by atoms with Crippen LogP contribution in [0, 0.1) is 12.7 Å². The van der Waals surface area contributed by atoms with Crippen molar-refractivity contribution in [3.63, 3.8) is 0 Å². The van der Waals surface area contributed by atoms with E-state index < -0.39 is 0 Å². The molecule has 2 N–H and O–H groups in total. The lowest BCUT2D eigenvalue weighted by Gasteiger charge is -2.12. The molecule has 20 heavy (non-hydrogen) atoms. The molecule has 0 aliphatic heterocycles. The van der Waals surface area contributed by atoms with E-state index in [1.165, 1.54) is 6.07 Å². The van der Waals surface area contributed by atoms with Crippen molar-refractivity contribution in [3.05, 3.63) is 35.1 Å². The van der Waals surface area contributed by atoms with Crippen LogP contribution in [0.25, 0.3) is 0 Å². The second kappa shape index (κ2) is 10.8. The number of nitrogens with one attached hydrogen (secondary N) is 2. The predicted molar refractivity (Wildman–Crippen MR) is 91.2 cm³/mol. The van der Waals surface area contributed by atoms with Crippen molar-refractivity contribution < 1.29 is 9.13 Å². The Morgan fingerprint density at radius 2 is 2.10 bits per heavy atom. The van der Waals surface area contributed by atoms with Crippen molar-refractivity contribution in [2.24, 2.45) is 4.99 Å². The van der Waals surface area contributed by atoms with Gasteiger partial charge in [0.25, 0.3) is 0 Å². The maximum atomic E-state index is 13.4. The zero-order valence-electron chi connectivity index (χ0n) is 12.2. The lowest BCUT2D eigenvalue weighted by Crippen LogP contribution is -2.38. The van der Waals surface area contributed by atoms with Gasteiger partial charge in [0.15, 0.2) is 5.96 Å². The molecule has 0 aliphatic rings. The van der Waals surface area contributed by atoms with Crippen LogP contribution in [-0.2, 0) is 11.3 Å². The summed E-state index contributed by atoms with van der Waals surface area (Å²) in [7, 11) is 1.70. The molecule has 0 amide bonds. The third kappa shape index (κ3) is 7.04. The van der Waals surface area contributed by atoms with Crippen LogP contribution in [0.2, 0.25) is 0 Å². The minimum absolute atomic E-state index is 0. The molecule has 0 radical (unpaired) electrons. The standard InChI is InChI=1S/C14H22FN3O.HI/c1-4-19-8-7-17-14(16-3)18-10-12-6-5-11(2)13(15)9-12;/h5-6,9H,4,7-8,10H2,1-3H3,(H2,16,17,18);1H. The number of aliphatic imine (C=N–C) groups is 1. The molecule has 0 saturated carbocycles. The summed E-state index contributed by atoms with van der Waals surface area (Å²) in [6.45, 7) is 6.27. The average molecular weight is 395 g/mol. The molecule has 1 aromatic rings. The van der Waals surface area contributed by atoms with Crippen LogP contribution in [0.4, 0.5) is 4.39 Å². The monoisotopic (exact) mass is 395 g/mol. The number of guanidine groups is 1. The van der Waals surface area contributed by atoms with E-state index >= 15 is 0 Å². The van der Waals surface area contributed by atoms with Crippen molar-refractivity contribution in [1.29, 1.82) is 0 Å². The Hall–Kier alpha value is -0.890. The number of aryl methyl sites for hydroxylation is 1. The summed E-state index contributed by atoms with van der Waals surface area (Å²) >= 11 is 0. The average Bonchev–Trinajstić information content (AvgIpc) is 2.42. The van der Waals surface area contributed by atoms with Crippen LogP contribution >= 0.6 is 24.0 Å². The van der Waals surface area contributed by atoms with E-state index in [0.29, 0.717) is 37.8 Å². The Kier molecular flexibility index (Phi) is 10.4. The maximum Gasteiger partial charge on any atom is 0.191 e. The van der Waals surface area contributed by atoms with Crippen LogP contribution in [-0.4, -0.2) is 32.8 Å². The molecule has 0 aromatic heterocycles. The van der Waals surface area contributed by atoms with Gasteiger partial charge in [-0.05, 0) is 31.0 Å². The minimum Gasteiger partial charge on any atom is -0.380 e. The van der Waals surface area contributed by atoms with Crippen LogP contribution in [0.1, 0.15) is 18.1 Å². The molecule has 1 rings (SSSR count). The fraction of sp³-hybridized carbons (Fsp3) is 0.500. The molecule has 0 fully saturated rings. The van der Waals surface area contributed by atoms with E-state index in [2.05, 4.69) is 15.6 Å². The van der Waals surface area contributed by atoms with E-state index in [4.69, 9.17) is 4.74 Å². The second-order valence-corrected chi connectivity index (χ2v) is 4.13. The van der Waals surface area contributed by atoms with Crippen molar-refractivity contribution >= 4 is 29.9 Å². The molecule has 0 bridgehead atoms. The molecule has 0 heterocycles. The highest BCUT2D eigenvalue weighted by Gasteiger charge is 2.01. The molecular formula is C14H23FIN3O. The smallest absolute Gasteiger partial charge is 0.191 e. The highest BCUT2D eigenvalue weighted by Crippen LogP contribution is 2.08. The van der Waals surface area contributed by atoms with Crippen LogP contribution in [0.3, 0.4) is 0 Å². The topological polar surface area (TPSA) is 45.6 Å². The molecule has 0 spiro atoms. The van der Waals surface area contributed by atoms with Gasteiger partial charge in [-0.2, -0.15) is 0 Å². The highest BCUT2D eigenvalue weighted by molar-refractivity contribution is 14.0. The van der Waals surface area contributed by atoms with Gasteiger partial charge in [0.05, 0.1) is 6.61 Å². The van der Waals surface area contributed by atoms with Crippen molar-refractivity contribution in [1.82, 2.24) is 10.6 Å². The molecule has 0 aliphatic carbocycles. The number of hydrogen-bond acceptors (Lipinski definition) is 2. The quantitative estimate of drug-likeness (QED) is 0.337. The van der Waals surface area contributed by atoms with Gasteiger partial charge < -0.3 is 15.4 Å². The molecule has 0 saturated heterocycles. The molecule has 0 unspecified atom stereocenters. The molecule has 6 heteroatoms. The van der Waals surface area contributed by atoms with Crippen LogP contribution in [0.15, 0.2) is 23.2 Å². The van der Waals surface area contributed by atoms with Gasteiger partial charge in [-0.1, -0.05) is 12.1 Å². The van der Waals surface area contributed by atoms with E-state index in [1.807, 2.05) is 13.0 Å². The number of hydrogen-bond donors (Lipinski definition) is 2. The zero-order chi connectivity index (χ0) is 14.1. The summed E-state index contributed by atoms with van der Waals surface area (Å²) in [4.78, 5) is 4.09. The van der Waals surface area contributed by atoms with Gasteiger partial charge in [0.2, 0.25) is 0 Å². The van der Waals surface area contributed by atoms with E-state index in [1.54, 1.807) is 20.0 Å². The third-order valence-corrected chi connectivity index (χ3v) is 2.66. The number of rotatable bonds is 6. The van der Waals surface area contributed by atoms with Crippen LogP contribution < -0.4 is 10.6 Å². The van der Waals surface area contributed by atoms with Gasteiger partial charge in [0, 0.05) is 26.7 Å². The fourth-order valence-electron chi connectivity index (χ4n) is 1.54. The summed E-state index contributed by atoms with van der Waals surface area (Å²) in [5, 5.41) is 6.25. The molecule has 1 aromatic carbocycles. The second-order valence-electron chi connectivity index (χ2n) is 4.13. The number of halogens is 2. The van der Waals surface area contributed by atoms with Gasteiger partial charge in [-0.25, -0.2) is 4.39 Å². The van der Waals surface area contributed by atoms with E-state index in [0.717, 1.165) is 5.56 Å². The first kappa shape index (κ1) is 19.1. The summed E-state index contributed by atoms with van der Waals surface area (Å²) in [5.41, 5.74) is 1.54. The molecule has 4 nitrogen and oxygen atoms in total. The first-order chi connectivity index (χ1) is 9.17.